The van der Waals surface area contributed by atoms with Gasteiger partial charge in [0.2, 0.25) is 0 Å². The number of fused-ring (bicyclic) bond motifs is 1. The van der Waals surface area contributed by atoms with Crippen molar-refractivity contribution in [2.24, 2.45) is 0 Å². The van der Waals surface area contributed by atoms with E-state index in [1.54, 1.807) is 6.20 Å². The summed E-state index contributed by atoms with van der Waals surface area (Å²) in [6.07, 6.45) is 4.47. The minimum atomic E-state index is -0.103. The Balaban J connectivity index is 1.57. The number of halogens is 1. The molecule has 0 aliphatic carbocycles. The van der Waals surface area contributed by atoms with Crippen molar-refractivity contribution in [2.45, 2.75) is 13.0 Å². The number of carbonyl (C=O) groups is 1. The Hall–Kier alpha value is -3.18. The van der Waals surface area contributed by atoms with E-state index in [1.807, 2.05) is 71.5 Å². The molecule has 6 heteroatoms. The normalized spacial score (nSPS) is 10.9. The molecule has 1 N–H and O–H groups in total. The van der Waals surface area contributed by atoms with Crippen LogP contribution in [0.15, 0.2) is 73.1 Å². The van der Waals surface area contributed by atoms with Gasteiger partial charge >= 0.3 is 0 Å². The Morgan fingerprint density at radius 3 is 2.68 bits per heavy atom. The maximum atomic E-state index is 12.9. The van der Waals surface area contributed by atoms with E-state index < -0.39 is 0 Å². The van der Waals surface area contributed by atoms with Crippen LogP contribution in [0.3, 0.4) is 0 Å². The van der Waals surface area contributed by atoms with E-state index >= 15 is 0 Å². The van der Waals surface area contributed by atoms with Crippen LogP contribution in [0.4, 0.5) is 0 Å². The van der Waals surface area contributed by atoms with Crippen molar-refractivity contribution in [3.63, 3.8) is 0 Å². The molecule has 4 rings (SSSR count). The van der Waals surface area contributed by atoms with Crippen LogP contribution in [0.5, 0.6) is 0 Å². The van der Waals surface area contributed by atoms with E-state index in [9.17, 15) is 4.79 Å². The topological polar surface area (TPSA) is 59.8 Å². The van der Waals surface area contributed by atoms with Crippen LogP contribution < -0.4 is 5.32 Å². The zero-order valence-corrected chi connectivity index (χ0v) is 15.9. The van der Waals surface area contributed by atoms with Gasteiger partial charge in [-0.25, -0.2) is 4.98 Å². The molecule has 0 bridgehead atoms. The monoisotopic (exact) mass is 390 g/mol. The van der Waals surface area contributed by atoms with Crippen molar-refractivity contribution < 1.29 is 4.79 Å². The first kappa shape index (κ1) is 18.2. The number of amides is 1. The summed E-state index contributed by atoms with van der Waals surface area (Å²) < 4.78 is 1.85. The lowest BCUT2D eigenvalue weighted by Gasteiger charge is -2.11. The zero-order valence-electron chi connectivity index (χ0n) is 15.2. The predicted molar refractivity (Wildman–Crippen MR) is 111 cm³/mol. The third kappa shape index (κ3) is 4.05. The van der Waals surface area contributed by atoms with Crippen LogP contribution in [0.1, 0.15) is 16.8 Å². The van der Waals surface area contributed by atoms with Crippen molar-refractivity contribution in [1.82, 2.24) is 20.1 Å². The van der Waals surface area contributed by atoms with Crippen LogP contribution in [0, 0.1) is 0 Å². The molecule has 0 fully saturated rings. The van der Waals surface area contributed by atoms with Gasteiger partial charge < -0.3 is 5.32 Å². The molecular weight excluding hydrogens is 372 g/mol. The molecule has 0 aliphatic heterocycles. The van der Waals surface area contributed by atoms with E-state index in [-0.39, 0.29) is 5.91 Å². The molecule has 5 nitrogen and oxygen atoms in total. The molecule has 2 heterocycles. The Bertz CT molecular complexity index is 1090. The third-order valence-corrected chi connectivity index (χ3v) is 4.76. The van der Waals surface area contributed by atoms with Crippen molar-refractivity contribution in [1.29, 1.82) is 0 Å². The van der Waals surface area contributed by atoms with Gasteiger partial charge in [0.1, 0.15) is 0 Å². The SMILES string of the molecule is O=C(NCCCn1cccn1)c1cc(-c2ccc(Cl)cc2)nc2ccccc12. The highest BCUT2D eigenvalue weighted by molar-refractivity contribution is 6.30. The van der Waals surface area contributed by atoms with Crippen LogP contribution >= 0.6 is 11.6 Å². The first-order valence-electron chi connectivity index (χ1n) is 9.12. The van der Waals surface area contributed by atoms with Crippen molar-refractivity contribution >= 4 is 28.4 Å². The maximum Gasteiger partial charge on any atom is 0.252 e. The number of hydrogen-bond acceptors (Lipinski definition) is 3. The number of aryl methyl sites for hydroxylation is 1. The van der Waals surface area contributed by atoms with Gasteiger partial charge in [0.05, 0.1) is 16.8 Å². The molecular formula is C22H19ClN4O. The highest BCUT2D eigenvalue weighted by atomic mass is 35.5. The highest BCUT2D eigenvalue weighted by Gasteiger charge is 2.13. The summed E-state index contributed by atoms with van der Waals surface area (Å²) in [6.45, 7) is 1.34. The van der Waals surface area contributed by atoms with E-state index in [0.717, 1.165) is 35.1 Å². The largest absolute Gasteiger partial charge is 0.352 e. The molecule has 2 aromatic heterocycles. The number of pyridine rings is 1. The first-order valence-corrected chi connectivity index (χ1v) is 9.50. The van der Waals surface area contributed by atoms with E-state index in [4.69, 9.17) is 16.6 Å². The number of hydrogen-bond donors (Lipinski definition) is 1. The number of para-hydroxylation sites is 1. The summed E-state index contributed by atoms with van der Waals surface area (Å²) in [5.41, 5.74) is 3.08. The molecule has 0 saturated carbocycles. The van der Waals surface area contributed by atoms with Gasteiger partial charge in [0.25, 0.3) is 5.91 Å². The number of aromatic nitrogens is 3. The molecule has 0 unspecified atom stereocenters. The van der Waals surface area contributed by atoms with Gasteiger partial charge in [-0.3, -0.25) is 9.48 Å². The fraction of sp³-hybridized carbons (Fsp3) is 0.136. The Labute approximate surface area is 168 Å². The van der Waals surface area contributed by atoms with Gasteiger partial charge in [-0.2, -0.15) is 5.10 Å². The van der Waals surface area contributed by atoms with E-state index in [0.29, 0.717) is 17.1 Å². The second-order valence-electron chi connectivity index (χ2n) is 6.46. The maximum absolute atomic E-state index is 12.9. The first-order chi connectivity index (χ1) is 13.7. The molecule has 1 amide bonds. The second kappa shape index (κ2) is 8.23. The molecule has 28 heavy (non-hydrogen) atoms. The van der Waals surface area contributed by atoms with Gasteiger partial charge in [0.15, 0.2) is 0 Å². The fourth-order valence-corrected chi connectivity index (χ4v) is 3.23. The van der Waals surface area contributed by atoms with Crippen LogP contribution in [-0.2, 0) is 6.54 Å². The van der Waals surface area contributed by atoms with E-state index in [2.05, 4.69) is 10.4 Å². The molecule has 140 valence electrons. The van der Waals surface area contributed by atoms with Gasteiger partial charge in [0, 0.05) is 41.5 Å². The lowest BCUT2D eigenvalue weighted by Crippen LogP contribution is -2.25. The Kier molecular flexibility index (Phi) is 5.35. The smallest absolute Gasteiger partial charge is 0.252 e. The third-order valence-electron chi connectivity index (χ3n) is 4.51. The second-order valence-corrected chi connectivity index (χ2v) is 6.89. The Morgan fingerprint density at radius 1 is 1.07 bits per heavy atom. The fourth-order valence-electron chi connectivity index (χ4n) is 3.10. The molecule has 0 aliphatic rings. The van der Waals surface area contributed by atoms with Gasteiger partial charge in [-0.15, -0.1) is 0 Å². The molecule has 4 aromatic rings. The lowest BCUT2D eigenvalue weighted by molar-refractivity contribution is 0.0954. The summed E-state index contributed by atoms with van der Waals surface area (Å²) in [4.78, 5) is 17.6. The number of nitrogens with one attached hydrogen (secondary N) is 1. The number of carbonyl (C=O) groups excluding carboxylic acids is 1. The predicted octanol–water partition coefficient (Wildman–Crippen LogP) is 4.57. The molecule has 2 aromatic carbocycles. The lowest BCUT2D eigenvalue weighted by atomic mass is 10.0. The quantitative estimate of drug-likeness (QED) is 0.490. The minimum absolute atomic E-state index is 0.103. The Morgan fingerprint density at radius 2 is 1.89 bits per heavy atom. The average molecular weight is 391 g/mol. The number of nitrogens with zero attached hydrogens (tertiary/aromatic N) is 3. The van der Waals surface area contributed by atoms with Crippen LogP contribution in [-0.4, -0.2) is 27.2 Å². The summed E-state index contributed by atoms with van der Waals surface area (Å²) in [6, 6.07) is 18.9. The van der Waals surface area contributed by atoms with Crippen molar-refractivity contribution in [3.05, 3.63) is 83.6 Å². The average Bonchev–Trinajstić information content (AvgIpc) is 3.24. The van der Waals surface area contributed by atoms with Gasteiger partial charge in [-0.05, 0) is 36.8 Å². The van der Waals surface area contributed by atoms with Crippen molar-refractivity contribution in [2.75, 3.05) is 6.54 Å². The summed E-state index contributed by atoms with van der Waals surface area (Å²) >= 11 is 5.99. The summed E-state index contributed by atoms with van der Waals surface area (Å²) in [7, 11) is 0. The molecule has 0 spiro atoms. The minimum Gasteiger partial charge on any atom is -0.352 e. The van der Waals surface area contributed by atoms with Crippen LogP contribution in [0.2, 0.25) is 5.02 Å². The standard InChI is InChI=1S/C22H19ClN4O/c23-17-9-7-16(8-10-17)21-15-19(18-5-1-2-6-20(18)26-21)22(28)24-11-3-13-27-14-4-12-25-27/h1-2,4-10,12,14-15H,3,11,13H2,(H,24,28). The molecule has 0 atom stereocenters. The number of rotatable bonds is 6. The highest BCUT2D eigenvalue weighted by Crippen LogP contribution is 2.26. The molecule has 0 radical (unpaired) electrons. The summed E-state index contributed by atoms with van der Waals surface area (Å²) in [5.74, 6) is -0.103. The number of benzene rings is 2. The van der Waals surface area contributed by atoms with Gasteiger partial charge in [-0.1, -0.05) is 41.9 Å². The van der Waals surface area contributed by atoms with Crippen LogP contribution in [0.25, 0.3) is 22.2 Å². The molecule has 0 saturated heterocycles. The van der Waals surface area contributed by atoms with E-state index in [1.165, 1.54) is 0 Å². The van der Waals surface area contributed by atoms with Crippen molar-refractivity contribution in [3.8, 4) is 11.3 Å². The summed E-state index contributed by atoms with van der Waals surface area (Å²) in [5, 5.41) is 8.69. The zero-order chi connectivity index (χ0) is 19.3.